The normalized spacial score (nSPS) is 16.0. The average Bonchev–Trinajstić information content (AvgIpc) is 2.38. The van der Waals surface area contributed by atoms with Gasteiger partial charge in [-0.2, -0.15) is 0 Å². The minimum absolute atomic E-state index is 0.435. The lowest BCUT2D eigenvalue weighted by atomic mass is 9.95. The first-order chi connectivity index (χ1) is 9.13. The van der Waals surface area contributed by atoms with Crippen molar-refractivity contribution in [3.8, 4) is 0 Å². The number of carboxylic acid groups (broad SMARTS) is 1. The summed E-state index contributed by atoms with van der Waals surface area (Å²) in [6, 6.07) is 5.56. The summed E-state index contributed by atoms with van der Waals surface area (Å²) >= 11 is 0. The molecule has 0 saturated heterocycles. The van der Waals surface area contributed by atoms with Gasteiger partial charge in [-0.05, 0) is 36.5 Å². The van der Waals surface area contributed by atoms with Crippen molar-refractivity contribution in [1.82, 2.24) is 0 Å². The highest BCUT2D eigenvalue weighted by molar-refractivity contribution is 5.91. The summed E-state index contributed by atoms with van der Waals surface area (Å²) < 4.78 is 5.17. The topological polar surface area (TPSA) is 49.8 Å². The van der Waals surface area contributed by atoms with Gasteiger partial charge in [0.2, 0.25) is 0 Å². The molecule has 1 aromatic carbocycles. The molecule has 4 nitrogen and oxygen atoms in total. The third-order valence-electron chi connectivity index (χ3n) is 3.56. The summed E-state index contributed by atoms with van der Waals surface area (Å²) in [5.74, 6) is -0.395. The van der Waals surface area contributed by atoms with Crippen molar-refractivity contribution in [2.45, 2.75) is 19.8 Å². The van der Waals surface area contributed by atoms with Gasteiger partial charge in [0.15, 0.2) is 0 Å². The Balaban J connectivity index is 2.24. The molecule has 0 spiro atoms. The molecular weight excluding hydrogens is 242 g/mol. The van der Waals surface area contributed by atoms with E-state index in [1.807, 2.05) is 12.1 Å². The molecule has 1 aliphatic rings. The molecule has 4 heteroatoms. The average molecular weight is 263 g/mol. The van der Waals surface area contributed by atoms with Gasteiger partial charge in [0, 0.05) is 25.9 Å². The molecule has 0 amide bonds. The van der Waals surface area contributed by atoms with E-state index in [-0.39, 0.29) is 0 Å². The number of methoxy groups -OCH3 is 1. The number of hydrogen-bond donors (Lipinski definition) is 1. The van der Waals surface area contributed by atoms with E-state index in [9.17, 15) is 9.90 Å². The van der Waals surface area contributed by atoms with Gasteiger partial charge in [0.1, 0.15) is 0 Å². The van der Waals surface area contributed by atoms with Gasteiger partial charge in [-0.3, -0.25) is 0 Å². The van der Waals surface area contributed by atoms with E-state index in [2.05, 4.69) is 11.8 Å². The number of carbonyl (C=O) groups is 1. The Labute approximate surface area is 114 Å². The van der Waals surface area contributed by atoms with Crippen molar-refractivity contribution in [2.24, 2.45) is 5.92 Å². The molecule has 19 heavy (non-hydrogen) atoms. The molecule has 0 fully saturated rings. The number of ether oxygens (including phenoxy) is 1. The Morgan fingerprint density at radius 1 is 1.53 bits per heavy atom. The van der Waals surface area contributed by atoms with Crippen molar-refractivity contribution in [2.75, 3.05) is 31.7 Å². The van der Waals surface area contributed by atoms with Crippen LogP contribution in [0.1, 0.15) is 29.3 Å². The van der Waals surface area contributed by atoms with Crippen LogP contribution in [0.2, 0.25) is 0 Å². The Hall–Kier alpha value is -1.55. The molecule has 1 aliphatic heterocycles. The summed E-state index contributed by atoms with van der Waals surface area (Å²) in [5, 5.41) is 9.25. The smallest absolute Gasteiger partial charge is 0.336 e. The fourth-order valence-corrected chi connectivity index (χ4v) is 2.80. The van der Waals surface area contributed by atoms with Gasteiger partial charge >= 0.3 is 5.97 Å². The van der Waals surface area contributed by atoms with Crippen molar-refractivity contribution in [1.29, 1.82) is 0 Å². The Bertz CT molecular complexity index is 459. The van der Waals surface area contributed by atoms with Gasteiger partial charge in [-0.1, -0.05) is 13.0 Å². The number of fused-ring (bicyclic) bond motifs is 1. The standard InChI is InChI=1S/C15H21NO3/c1-11(10-19-2)9-16-8-4-6-12-13(15(17)18)5-3-7-14(12)16/h3,5,7,11H,4,6,8-10H2,1-2H3,(H,17,18). The van der Waals surface area contributed by atoms with Crippen LogP contribution in [0.25, 0.3) is 0 Å². The quantitative estimate of drug-likeness (QED) is 0.886. The molecule has 1 N–H and O–H groups in total. The summed E-state index contributed by atoms with van der Waals surface area (Å²) in [6.45, 7) is 4.78. The second kappa shape index (κ2) is 6.06. The maximum Gasteiger partial charge on any atom is 0.336 e. The monoisotopic (exact) mass is 263 g/mol. The van der Waals surface area contributed by atoms with E-state index in [0.717, 1.165) is 43.8 Å². The number of carboxylic acids is 1. The van der Waals surface area contributed by atoms with Crippen LogP contribution in [0, 0.1) is 5.92 Å². The number of hydrogen-bond acceptors (Lipinski definition) is 3. The molecule has 0 aliphatic carbocycles. The van der Waals surface area contributed by atoms with E-state index in [1.54, 1.807) is 13.2 Å². The molecule has 0 saturated carbocycles. The SMILES string of the molecule is COCC(C)CN1CCCc2c(C(=O)O)cccc21. The van der Waals surface area contributed by atoms with E-state index in [4.69, 9.17) is 4.74 Å². The maximum atomic E-state index is 11.3. The molecule has 1 aromatic rings. The van der Waals surface area contributed by atoms with Crippen LogP contribution in [-0.4, -0.2) is 37.9 Å². The van der Waals surface area contributed by atoms with Gasteiger partial charge in [-0.25, -0.2) is 4.79 Å². The number of rotatable bonds is 5. The summed E-state index contributed by atoms with van der Waals surface area (Å²) in [7, 11) is 1.71. The zero-order valence-corrected chi connectivity index (χ0v) is 11.6. The Morgan fingerprint density at radius 2 is 2.32 bits per heavy atom. The highest BCUT2D eigenvalue weighted by atomic mass is 16.5. The highest BCUT2D eigenvalue weighted by Gasteiger charge is 2.22. The second-order valence-corrected chi connectivity index (χ2v) is 5.22. The van der Waals surface area contributed by atoms with E-state index < -0.39 is 5.97 Å². The predicted molar refractivity (Wildman–Crippen MR) is 75.0 cm³/mol. The Morgan fingerprint density at radius 3 is 3.00 bits per heavy atom. The molecule has 1 atom stereocenters. The number of benzene rings is 1. The summed E-state index contributed by atoms with van der Waals surface area (Å²) in [4.78, 5) is 13.6. The molecule has 0 radical (unpaired) electrons. The lowest BCUT2D eigenvalue weighted by Crippen LogP contribution is -2.35. The third-order valence-corrected chi connectivity index (χ3v) is 3.56. The number of nitrogens with zero attached hydrogens (tertiary/aromatic N) is 1. The van der Waals surface area contributed by atoms with Crippen LogP contribution in [0.5, 0.6) is 0 Å². The van der Waals surface area contributed by atoms with Crippen LogP contribution < -0.4 is 4.90 Å². The van der Waals surface area contributed by atoms with Gasteiger partial charge in [0.05, 0.1) is 12.2 Å². The van der Waals surface area contributed by atoms with Gasteiger partial charge in [0.25, 0.3) is 0 Å². The van der Waals surface area contributed by atoms with Crippen molar-refractivity contribution in [3.05, 3.63) is 29.3 Å². The number of anilines is 1. The molecular formula is C15H21NO3. The third kappa shape index (κ3) is 3.07. The van der Waals surface area contributed by atoms with Crippen molar-refractivity contribution >= 4 is 11.7 Å². The van der Waals surface area contributed by atoms with E-state index >= 15 is 0 Å². The molecule has 1 heterocycles. The number of aromatic carboxylic acids is 1. The van der Waals surface area contributed by atoms with Gasteiger partial charge in [-0.15, -0.1) is 0 Å². The first kappa shape index (κ1) is 13.9. The Kier molecular flexibility index (Phi) is 4.43. The fraction of sp³-hybridized carbons (Fsp3) is 0.533. The first-order valence-electron chi connectivity index (χ1n) is 6.72. The van der Waals surface area contributed by atoms with Crippen LogP contribution in [0.15, 0.2) is 18.2 Å². The largest absolute Gasteiger partial charge is 0.478 e. The molecule has 2 rings (SSSR count). The predicted octanol–water partition coefficient (Wildman–Crippen LogP) is 2.42. The second-order valence-electron chi connectivity index (χ2n) is 5.22. The summed E-state index contributed by atoms with van der Waals surface area (Å²) in [5.41, 5.74) is 2.50. The minimum Gasteiger partial charge on any atom is -0.478 e. The van der Waals surface area contributed by atoms with Crippen LogP contribution in [0.3, 0.4) is 0 Å². The molecule has 1 unspecified atom stereocenters. The van der Waals surface area contributed by atoms with E-state index in [0.29, 0.717) is 11.5 Å². The molecule has 0 bridgehead atoms. The van der Waals surface area contributed by atoms with Crippen molar-refractivity contribution in [3.63, 3.8) is 0 Å². The lowest BCUT2D eigenvalue weighted by molar-refractivity contribution is 0.0695. The zero-order valence-electron chi connectivity index (χ0n) is 11.6. The maximum absolute atomic E-state index is 11.3. The van der Waals surface area contributed by atoms with Crippen LogP contribution in [-0.2, 0) is 11.2 Å². The summed E-state index contributed by atoms with van der Waals surface area (Å²) in [6.07, 6.45) is 1.87. The van der Waals surface area contributed by atoms with Crippen molar-refractivity contribution < 1.29 is 14.6 Å². The highest BCUT2D eigenvalue weighted by Crippen LogP contribution is 2.30. The molecule has 104 valence electrons. The fourth-order valence-electron chi connectivity index (χ4n) is 2.80. The zero-order chi connectivity index (χ0) is 13.8. The van der Waals surface area contributed by atoms with Gasteiger partial charge < -0.3 is 14.7 Å². The van der Waals surface area contributed by atoms with Crippen LogP contribution >= 0.6 is 0 Å². The minimum atomic E-state index is -0.830. The first-order valence-corrected chi connectivity index (χ1v) is 6.72. The molecule has 0 aromatic heterocycles. The van der Waals surface area contributed by atoms with E-state index in [1.165, 1.54) is 0 Å². The van der Waals surface area contributed by atoms with Crippen LogP contribution in [0.4, 0.5) is 5.69 Å². The lowest BCUT2D eigenvalue weighted by Gasteiger charge is -2.33.